The molecule has 1 amide bonds. The summed E-state index contributed by atoms with van der Waals surface area (Å²) in [4.78, 5) is 35.1. The normalized spacial score (nSPS) is 10.3. The molecule has 0 aliphatic carbocycles. The van der Waals surface area contributed by atoms with Crippen LogP contribution < -0.4 is 11.1 Å². The summed E-state index contributed by atoms with van der Waals surface area (Å²) in [6.45, 7) is 9.12. The highest BCUT2D eigenvalue weighted by Crippen LogP contribution is 2.33. The first-order valence-electron chi connectivity index (χ1n) is 9.12. The van der Waals surface area contributed by atoms with Gasteiger partial charge in [-0.3, -0.25) is 4.79 Å². The summed E-state index contributed by atoms with van der Waals surface area (Å²) in [5, 5.41) is 4.04. The van der Waals surface area contributed by atoms with Gasteiger partial charge in [0.05, 0.1) is 15.6 Å². The number of aromatic nitrogens is 3. The van der Waals surface area contributed by atoms with Gasteiger partial charge < -0.3 is 15.8 Å². The Morgan fingerprint density at radius 2 is 1.79 bits per heavy atom. The van der Waals surface area contributed by atoms with Crippen molar-refractivity contribution in [2.45, 2.75) is 40.5 Å². The first kappa shape index (κ1) is 22.2. The standard InChI is InChI=1S/C18H19N5OS.C3H6O/c1-10(2)18-23-15(17(19)24)16(25-18)12-5-4-6-13(21-12)22-14-9-11(3)7-8-20-14;1-3(2)4/h4-10H,1-3H3,(H2,19,24)(H,20,21,22);1-2H3. The number of ketones is 1. The summed E-state index contributed by atoms with van der Waals surface area (Å²) in [6.07, 6.45) is 1.74. The molecule has 0 aliphatic rings. The second-order valence-electron chi connectivity index (χ2n) is 6.91. The fourth-order valence-electron chi connectivity index (χ4n) is 2.29. The zero-order valence-corrected chi connectivity index (χ0v) is 18.0. The number of nitrogens with two attached hydrogens (primary N) is 1. The van der Waals surface area contributed by atoms with Gasteiger partial charge in [-0.2, -0.15) is 0 Å². The Labute approximate surface area is 174 Å². The maximum absolute atomic E-state index is 11.8. The number of carbonyl (C=O) groups is 2. The Hall–Kier alpha value is -3.13. The molecule has 0 saturated carbocycles. The lowest BCUT2D eigenvalue weighted by molar-refractivity contribution is -0.115. The smallest absolute Gasteiger partial charge is 0.268 e. The molecule has 0 saturated heterocycles. The van der Waals surface area contributed by atoms with Gasteiger partial charge >= 0.3 is 0 Å². The zero-order chi connectivity index (χ0) is 21.6. The van der Waals surface area contributed by atoms with Crippen LogP contribution in [0.1, 0.15) is 54.7 Å². The third-order valence-corrected chi connectivity index (χ3v) is 4.90. The summed E-state index contributed by atoms with van der Waals surface area (Å²) >= 11 is 1.45. The van der Waals surface area contributed by atoms with Crippen LogP contribution in [0.25, 0.3) is 10.6 Å². The number of nitrogens with one attached hydrogen (secondary N) is 1. The van der Waals surface area contributed by atoms with Crippen LogP contribution in [0.3, 0.4) is 0 Å². The number of amides is 1. The number of hydrogen-bond donors (Lipinski definition) is 2. The highest BCUT2D eigenvalue weighted by molar-refractivity contribution is 7.15. The number of primary amides is 1. The number of Topliss-reactive ketones (excluding diaryl/α,β-unsaturated/α-hetero) is 1. The van der Waals surface area contributed by atoms with Crippen LogP contribution in [0, 0.1) is 6.92 Å². The van der Waals surface area contributed by atoms with Crippen molar-refractivity contribution < 1.29 is 9.59 Å². The fraction of sp³-hybridized carbons (Fsp3) is 0.286. The van der Waals surface area contributed by atoms with Crippen molar-refractivity contribution in [1.29, 1.82) is 0 Å². The summed E-state index contributed by atoms with van der Waals surface area (Å²) in [6, 6.07) is 9.44. The monoisotopic (exact) mass is 411 g/mol. The molecular formula is C21H25N5O2S. The van der Waals surface area contributed by atoms with Crippen molar-refractivity contribution in [1.82, 2.24) is 15.0 Å². The minimum atomic E-state index is -0.543. The molecule has 0 aliphatic heterocycles. The quantitative estimate of drug-likeness (QED) is 0.641. The molecule has 0 spiro atoms. The van der Waals surface area contributed by atoms with Crippen molar-refractivity contribution in [2.75, 3.05) is 5.32 Å². The Bertz CT molecular complexity index is 1010. The van der Waals surface area contributed by atoms with Crippen molar-refractivity contribution >= 4 is 34.7 Å². The minimum Gasteiger partial charge on any atom is -0.364 e. The summed E-state index contributed by atoms with van der Waals surface area (Å²) in [5.41, 5.74) is 7.53. The second-order valence-corrected chi connectivity index (χ2v) is 7.94. The molecule has 0 radical (unpaired) electrons. The van der Waals surface area contributed by atoms with Gasteiger partial charge in [0.25, 0.3) is 5.91 Å². The molecule has 8 heteroatoms. The molecule has 7 nitrogen and oxygen atoms in total. The largest absolute Gasteiger partial charge is 0.364 e. The van der Waals surface area contributed by atoms with E-state index in [1.165, 1.54) is 25.2 Å². The van der Waals surface area contributed by atoms with Crippen molar-refractivity contribution in [2.24, 2.45) is 5.73 Å². The van der Waals surface area contributed by atoms with E-state index in [2.05, 4.69) is 20.3 Å². The van der Waals surface area contributed by atoms with E-state index >= 15 is 0 Å². The molecule has 3 aromatic heterocycles. The maximum Gasteiger partial charge on any atom is 0.268 e. The summed E-state index contributed by atoms with van der Waals surface area (Å²) in [5.74, 6) is 1.20. The van der Waals surface area contributed by atoms with E-state index in [0.717, 1.165) is 10.6 Å². The van der Waals surface area contributed by atoms with Crippen molar-refractivity contribution in [3.63, 3.8) is 0 Å². The lowest BCUT2D eigenvalue weighted by Crippen LogP contribution is -2.13. The second kappa shape index (κ2) is 9.88. The van der Waals surface area contributed by atoms with Crippen LogP contribution >= 0.6 is 11.3 Å². The lowest BCUT2D eigenvalue weighted by Gasteiger charge is -2.07. The number of carbonyl (C=O) groups excluding carboxylic acids is 2. The van der Waals surface area contributed by atoms with E-state index < -0.39 is 5.91 Å². The molecule has 0 fully saturated rings. The molecule has 0 unspecified atom stereocenters. The lowest BCUT2D eigenvalue weighted by atomic mass is 10.2. The minimum absolute atomic E-state index is 0.167. The third-order valence-electron chi connectivity index (χ3n) is 3.52. The first-order valence-corrected chi connectivity index (χ1v) is 9.93. The Kier molecular flexibility index (Phi) is 7.55. The summed E-state index contributed by atoms with van der Waals surface area (Å²) in [7, 11) is 0. The van der Waals surface area contributed by atoms with E-state index in [0.29, 0.717) is 22.2 Å². The predicted octanol–water partition coefficient (Wildman–Crippen LogP) is 4.47. The topological polar surface area (TPSA) is 111 Å². The summed E-state index contributed by atoms with van der Waals surface area (Å²) < 4.78 is 0. The number of thiazole rings is 1. The van der Waals surface area contributed by atoms with Gasteiger partial charge in [-0.05, 0) is 50.6 Å². The molecule has 0 bridgehead atoms. The van der Waals surface area contributed by atoms with Gasteiger partial charge in [0.1, 0.15) is 23.1 Å². The number of rotatable bonds is 5. The number of aryl methyl sites for hydroxylation is 1. The number of pyridine rings is 2. The molecule has 3 heterocycles. The Balaban J connectivity index is 0.000000687. The van der Waals surface area contributed by atoms with E-state index in [1.807, 2.05) is 51.1 Å². The van der Waals surface area contributed by atoms with Gasteiger partial charge in [0.15, 0.2) is 0 Å². The third kappa shape index (κ3) is 6.46. The van der Waals surface area contributed by atoms with Crippen LogP contribution in [-0.2, 0) is 4.79 Å². The number of hydrogen-bond acceptors (Lipinski definition) is 7. The predicted molar refractivity (Wildman–Crippen MR) is 117 cm³/mol. The first-order chi connectivity index (χ1) is 13.7. The van der Waals surface area contributed by atoms with Crippen LogP contribution in [-0.4, -0.2) is 26.6 Å². The molecule has 3 N–H and O–H groups in total. The van der Waals surface area contributed by atoms with E-state index in [4.69, 9.17) is 5.73 Å². The van der Waals surface area contributed by atoms with E-state index in [9.17, 15) is 9.59 Å². The molecule has 3 rings (SSSR count). The van der Waals surface area contributed by atoms with Crippen molar-refractivity contribution in [3.05, 3.63) is 52.8 Å². The van der Waals surface area contributed by atoms with Crippen LogP contribution in [0.5, 0.6) is 0 Å². The average molecular weight is 412 g/mol. The van der Waals surface area contributed by atoms with Gasteiger partial charge in [0.2, 0.25) is 0 Å². The average Bonchev–Trinajstić information content (AvgIpc) is 3.07. The van der Waals surface area contributed by atoms with E-state index in [1.54, 1.807) is 6.20 Å². The van der Waals surface area contributed by atoms with Gasteiger partial charge in [-0.1, -0.05) is 19.9 Å². The molecule has 0 aromatic carbocycles. The molecule has 29 heavy (non-hydrogen) atoms. The molecule has 0 atom stereocenters. The molecular weight excluding hydrogens is 386 g/mol. The number of anilines is 2. The Morgan fingerprint density at radius 1 is 1.10 bits per heavy atom. The molecule has 3 aromatic rings. The molecule has 152 valence electrons. The fourth-order valence-corrected chi connectivity index (χ4v) is 3.33. The van der Waals surface area contributed by atoms with Crippen molar-refractivity contribution in [3.8, 4) is 10.6 Å². The highest BCUT2D eigenvalue weighted by Gasteiger charge is 2.20. The van der Waals surface area contributed by atoms with E-state index in [-0.39, 0.29) is 17.4 Å². The maximum atomic E-state index is 11.8. The van der Waals surface area contributed by atoms with Crippen LogP contribution in [0.4, 0.5) is 11.6 Å². The van der Waals surface area contributed by atoms with Gasteiger partial charge in [0, 0.05) is 12.1 Å². The van der Waals surface area contributed by atoms with Gasteiger partial charge in [-0.25, -0.2) is 15.0 Å². The van der Waals surface area contributed by atoms with Crippen LogP contribution in [0.15, 0.2) is 36.5 Å². The zero-order valence-electron chi connectivity index (χ0n) is 17.2. The highest BCUT2D eigenvalue weighted by atomic mass is 32.1. The Morgan fingerprint density at radius 3 is 2.38 bits per heavy atom. The number of nitrogens with zero attached hydrogens (tertiary/aromatic N) is 3. The SMILES string of the molecule is CC(C)=O.Cc1ccnc(Nc2cccc(-c3sc(C(C)C)nc3C(N)=O)n2)c1. The van der Waals surface area contributed by atoms with Crippen LogP contribution in [0.2, 0.25) is 0 Å². The van der Waals surface area contributed by atoms with Gasteiger partial charge in [-0.15, -0.1) is 11.3 Å².